The molecule has 4 N–H and O–H groups in total. The highest BCUT2D eigenvalue weighted by molar-refractivity contribution is 7.89. The summed E-state index contributed by atoms with van der Waals surface area (Å²) in [7, 11) is -3.71. The fourth-order valence-electron chi connectivity index (χ4n) is 2.05. The van der Waals surface area contributed by atoms with Crippen LogP contribution in [0.1, 0.15) is 13.3 Å². The van der Waals surface area contributed by atoms with E-state index in [1.165, 1.54) is 16.6 Å². The molecule has 1 aliphatic heterocycles. The molecule has 2 heterocycles. The van der Waals surface area contributed by atoms with Gasteiger partial charge in [0.15, 0.2) is 5.82 Å². The van der Waals surface area contributed by atoms with Crippen molar-refractivity contribution in [3.63, 3.8) is 0 Å². The van der Waals surface area contributed by atoms with Gasteiger partial charge in [-0.25, -0.2) is 19.2 Å². The maximum atomic E-state index is 12.5. The second-order valence-electron chi connectivity index (χ2n) is 4.84. The first kappa shape index (κ1) is 15.5. The number of aliphatic hydroxyl groups excluding tert-OH is 1. The Hall–Kier alpha value is -0.930. The van der Waals surface area contributed by atoms with Crippen molar-refractivity contribution in [1.29, 1.82) is 0 Å². The van der Waals surface area contributed by atoms with Crippen LogP contribution in [0.2, 0.25) is 5.02 Å². The van der Waals surface area contributed by atoms with E-state index < -0.39 is 16.1 Å². The zero-order chi connectivity index (χ0) is 14.9. The minimum Gasteiger partial charge on any atom is -0.391 e. The van der Waals surface area contributed by atoms with Crippen molar-refractivity contribution < 1.29 is 13.5 Å². The Morgan fingerprint density at radius 3 is 2.85 bits per heavy atom. The number of β-amino-alcohol motifs (C(OH)–C–C–N with tert-alkyl or cyclic N) is 1. The van der Waals surface area contributed by atoms with Crippen molar-refractivity contribution in [2.45, 2.75) is 24.3 Å². The highest BCUT2D eigenvalue weighted by Crippen LogP contribution is 2.27. The van der Waals surface area contributed by atoms with Crippen LogP contribution >= 0.6 is 11.6 Å². The van der Waals surface area contributed by atoms with Gasteiger partial charge < -0.3 is 10.5 Å². The minimum atomic E-state index is -3.71. The van der Waals surface area contributed by atoms with Gasteiger partial charge in [-0.2, -0.15) is 4.31 Å². The van der Waals surface area contributed by atoms with Crippen LogP contribution in [0.3, 0.4) is 0 Å². The van der Waals surface area contributed by atoms with E-state index >= 15 is 0 Å². The fourth-order valence-corrected chi connectivity index (χ4v) is 3.79. The molecule has 0 bridgehead atoms. The molecule has 0 aromatic carbocycles. The maximum absolute atomic E-state index is 12.5. The average Bonchev–Trinajstić information content (AvgIpc) is 2.41. The summed E-state index contributed by atoms with van der Waals surface area (Å²) in [6, 6.07) is 1.30. The second kappa shape index (κ2) is 5.82. The molecular formula is C11H17ClN4O3S. The summed E-state index contributed by atoms with van der Waals surface area (Å²) in [5, 5.41) is 9.95. The molecule has 1 saturated heterocycles. The number of hydrogen-bond donors (Lipinski definition) is 3. The molecule has 2 atom stereocenters. The highest BCUT2D eigenvalue weighted by Gasteiger charge is 2.33. The predicted octanol–water partition coefficient (Wildman–Crippen LogP) is 0.412. The monoisotopic (exact) mass is 320 g/mol. The summed E-state index contributed by atoms with van der Waals surface area (Å²) in [5.41, 5.74) is 2.27. The number of hydrogen-bond acceptors (Lipinski definition) is 6. The molecule has 20 heavy (non-hydrogen) atoms. The van der Waals surface area contributed by atoms with Crippen molar-refractivity contribution in [3.05, 3.63) is 17.3 Å². The van der Waals surface area contributed by atoms with Crippen molar-refractivity contribution in [3.8, 4) is 0 Å². The van der Waals surface area contributed by atoms with Crippen LogP contribution < -0.4 is 11.3 Å². The summed E-state index contributed by atoms with van der Waals surface area (Å²) >= 11 is 5.89. The minimum absolute atomic E-state index is 0.0109. The Labute approximate surface area is 122 Å². The number of halogens is 1. The van der Waals surface area contributed by atoms with Gasteiger partial charge in [0.25, 0.3) is 0 Å². The quantitative estimate of drug-likeness (QED) is 0.550. The molecule has 9 heteroatoms. The molecule has 2 rings (SSSR count). The number of nitrogen functional groups attached to an aromatic ring is 1. The van der Waals surface area contributed by atoms with Crippen molar-refractivity contribution >= 4 is 27.4 Å². The molecule has 1 fully saturated rings. The van der Waals surface area contributed by atoms with Crippen molar-refractivity contribution in [1.82, 2.24) is 9.29 Å². The summed E-state index contributed by atoms with van der Waals surface area (Å²) in [6.45, 7) is 2.35. The fraction of sp³-hybridized carbons (Fsp3) is 0.545. The third-order valence-electron chi connectivity index (χ3n) is 3.47. The molecule has 0 radical (unpaired) electrons. The van der Waals surface area contributed by atoms with Crippen LogP contribution in [-0.2, 0) is 10.0 Å². The average molecular weight is 321 g/mol. The Morgan fingerprint density at radius 1 is 1.60 bits per heavy atom. The van der Waals surface area contributed by atoms with Crippen molar-refractivity contribution in [2.24, 2.45) is 11.8 Å². The zero-order valence-electron chi connectivity index (χ0n) is 11.0. The number of nitrogens with one attached hydrogen (secondary N) is 1. The van der Waals surface area contributed by atoms with Gasteiger partial charge in [0.05, 0.1) is 11.1 Å². The standard InChI is InChI=1S/C11H17ClN4O3S/c1-7-2-3-16(6-10(7)17)20(18,19)8-4-9(12)11(15-13)14-5-8/h4-5,7,10,17H,2-3,6,13H2,1H3,(H,14,15). The maximum Gasteiger partial charge on any atom is 0.244 e. The van der Waals surface area contributed by atoms with Crippen molar-refractivity contribution in [2.75, 3.05) is 18.5 Å². The first-order valence-corrected chi connectivity index (χ1v) is 7.98. The van der Waals surface area contributed by atoms with E-state index in [-0.39, 0.29) is 28.2 Å². The van der Waals surface area contributed by atoms with Crippen LogP contribution in [0.15, 0.2) is 17.2 Å². The van der Waals surface area contributed by atoms with E-state index in [1.54, 1.807) is 0 Å². The molecule has 0 aliphatic carbocycles. The molecule has 7 nitrogen and oxygen atoms in total. The molecular weight excluding hydrogens is 304 g/mol. The number of piperidine rings is 1. The largest absolute Gasteiger partial charge is 0.391 e. The van der Waals surface area contributed by atoms with Gasteiger partial charge in [0.1, 0.15) is 4.90 Å². The van der Waals surface area contributed by atoms with Crippen LogP contribution in [0.4, 0.5) is 5.82 Å². The number of sulfonamides is 1. The third kappa shape index (κ3) is 2.89. The summed E-state index contributed by atoms with van der Waals surface area (Å²) in [6.07, 6.45) is 1.15. The molecule has 1 aliphatic rings. The lowest BCUT2D eigenvalue weighted by atomic mass is 9.98. The van der Waals surface area contributed by atoms with Gasteiger partial charge in [0.2, 0.25) is 10.0 Å². The van der Waals surface area contributed by atoms with Crippen LogP contribution in [0, 0.1) is 5.92 Å². The van der Waals surface area contributed by atoms with Gasteiger partial charge in [-0.3, -0.25) is 0 Å². The number of nitrogens with zero attached hydrogens (tertiary/aromatic N) is 2. The zero-order valence-corrected chi connectivity index (χ0v) is 12.5. The van der Waals surface area contributed by atoms with Crippen LogP contribution in [0.5, 0.6) is 0 Å². The molecule has 0 spiro atoms. The number of aliphatic hydroxyl groups is 1. The number of aromatic nitrogens is 1. The van der Waals surface area contributed by atoms with Gasteiger partial charge in [-0.15, -0.1) is 0 Å². The molecule has 0 saturated carbocycles. The van der Waals surface area contributed by atoms with Gasteiger partial charge >= 0.3 is 0 Å². The number of hydrazine groups is 1. The van der Waals surface area contributed by atoms with Gasteiger partial charge in [-0.1, -0.05) is 18.5 Å². The number of pyridine rings is 1. The van der Waals surface area contributed by atoms with E-state index in [0.29, 0.717) is 13.0 Å². The normalized spacial score (nSPS) is 24.6. The number of anilines is 1. The molecule has 2 unspecified atom stereocenters. The topological polar surface area (TPSA) is 109 Å². The first-order chi connectivity index (χ1) is 9.36. The Bertz CT molecular complexity index is 595. The van der Waals surface area contributed by atoms with Crippen LogP contribution in [0.25, 0.3) is 0 Å². The molecule has 112 valence electrons. The van der Waals surface area contributed by atoms with Crippen LogP contribution in [-0.4, -0.2) is 42.0 Å². The van der Waals surface area contributed by atoms with Gasteiger partial charge in [-0.05, 0) is 18.4 Å². The van der Waals surface area contributed by atoms with E-state index in [9.17, 15) is 13.5 Å². The SMILES string of the molecule is CC1CCN(S(=O)(=O)c2cnc(NN)c(Cl)c2)CC1O. The Morgan fingerprint density at radius 2 is 2.30 bits per heavy atom. The molecule has 1 aromatic rings. The lowest BCUT2D eigenvalue weighted by Crippen LogP contribution is -2.45. The lowest BCUT2D eigenvalue weighted by Gasteiger charge is -2.33. The lowest BCUT2D eigenvalue weighted by molar-refractivity contribution is 0.0605. The number of nitrogens with two attached hydrogens (primary N) is 1. The smallest absolute Gasteiger partial charge is 0.244 e. The number of rotatable bonds is 3. The molecule has 0 amide bonds. The first-order valence-electron chi connectivity index (χ1n) is 6.16. The Kier molecular flexibility index (Phi) is 4.50. The summed E-state index contributed by atoms with van der Waals surface area (Å²) in [4.78, 5) is 3.84. The Balaban J connectivity index is 2.29. The third-order valence-corrected chi connectivity index (χ3v) is 5.59. The van der Waals surface area contributed by atoms with E-state index in [1.807, 2.05) is 6.92 Å². The highest BCUT2D eigenvalue weighted by atomic mass is 35.5. The molecule has 1 aromatic heterocycles. The van der Waals surface area contributed by atoms with E-state index in [0.717, 1.165) is 0 Å². The van der Waals surface area contributed by atoms with Gasteiger partial charge in [0, 0.05) is 19.3 Å². The summed E-state index contributed by atoms with van der Waals surface area (Å²) < 4.78 is 26.2. The predicted molar refractivity (Wildman–Crippen MR) is 75.6 cm³/mol. The van der Waals surface area contributed by atoms with E-state index in [2.05, 4.69) is 10.4 Å². The summed E-state index contributed by atoms with van der Waals surface area (Å²) in [5.74, 6) is 5.49. The van der Waals surface area contributed by atoms with E-state index in [4.69, 9.17) is 17.4 Å². The second-order valence-corrected chi connectivity index (χ2v) is 7.19.